The van der Waals surface area contributed by atoms with Gasteiger partial charge in [0.15, 0.2) is 0 Å². The molecular weight excluding hydrogens is 374 g/mol. The third-order valence-corrected chi connectivity index (χ3v) is 4.99. The van der Waals surface area contributed by atoms with Crippen molar-refractivity contribution in [3.63, 3.8) is 0 Å². The maximum Gasteiger partial charge on any atom is 0.0741 e. The predicted molar refractivity (Wildman–Crippen MR) is 101 cm³/mol. The molecule has 0 radical (unpaired) electrons. The first-order valence-electron chi connectivity index (χ1n) is 7.10. The summed E-state index contributed by atoms with van der Waals surface area (Å²) >= 11 is 24.8. The molecule has 0 N–H and O–H groups in total. The van der Waals surface area contributed by atoms with Gasteiger partial charge in [0.2, 0.25) is 0 Å². The molecule has 120 valence electrons. The van der Waals surface area contributed by atoms with Gasteiger partial charge in [-0.2, -0.15) is 0 Å². The molecule has 1 atom stereocenters. The molecule has 2 nitrogen and oxygen atoms in total. The molecule has 23 heavy (non-hydrogen) atoms. The molecule has 3 rings (SSSR count). The van der Waals surface area contributed by atoms with Crippen LogP contribution in [0.5, 0.6) is 0 Å². The second kappa shape index (κ2) is 6.90. The van der Waals surface area contributed by atoms with Crippen molar-refractivity contribution in [1.82, 2.24) is 0 Å². The van der Waals surface area contributed by atoms with Gasteiger partial charge >= 0.3 is 0 Å². The number of halogens is 4. The lowest BCUT2D eigenvalue weighted by molar-refractivity contribution is 0.798. The fourth-order valence-corrected chi connectivity index (χ4v) is 3.40. The number of rotatable bonds is 1. The van der Waals surface area contributed by atoms with Crippen molar-refractivity contribution in [3.05, 3.63) is 62.6 Å². The van der Waals surface area contributed by atoms with Gasteiger partial charge in [-0.05, 0) is 30.3 Å². The fraction of sp³-hybridized carbons (Fsp3) is 0.235. The lowest BCUT2D eigenvalue weighted by atomic mass is 9.99. The zero-order valence-corrected chi connectivity index (χ0v) is 15.4. The van der Waals surface area contributed by atoms with Crippen molar-refractivity contribution in [2.24, 2.45) is 4.99 Å². The summed E-state index contributed by atoms with van der Waals surface area (Å²) in [4.78, 5) is 6.84. The van der Waals surface area contributed by atoms with Crippen LogP contribution in [0.15, 0.2) is 41.4 Å². The predicted octanol–water partition coefficient (Wildman–Crippen LogP) is 5.54. The van der Waals surface area contributed by atoms with E-state index in [-0.39, 0.29) is 5.38 Å². The summed E-state index contributed by atoms with van der Waals surface area (Å²) in [5.74, 6) is 0. The van der Waals surface area contributed by atoms with Crippen LogP contribution in [-0.4, -0.2) is 31.2 Å². The van der Waals surface area contributed by atoms with E-state index in [0.717, 1.165) is 22.5 Å². The molecule has 0 spiro atoms. The van der Waals surface area contributed by atoms with Crippen LogP contribution in [0.3, 0.4) is 0 Å². The molecular formula is C17H14Cl4N2. The van der Waals surface area contributed by atoms with Gasteiger partial charge < -0.3 is 4.90 Å². The van der Waals surface area contributed by atoms with Gasteiger partial charge in [0.05, 0.1) is 27.7 Å². The normalized spacial score (nSPS) is 20.3. The van der Waals surface area contributed by atoms with Gasteiger partial charge in [-0.25, -0.2) is 0 Å². The third kappa shape index (κ3) is 3.61. The summed E-state index contributed by atoms with van der Waals surface area (Å²) in [6.07, 6.45) is 0. The van der Waals surface area contributed by atoms with Crippen LogP contribution in [0, 0.1) is 0 Å². The van der Waals surface area contributed by atoms with Crippen LogP contribution in [0.4, 0.5) is 5.69 Å². The van der Waals surface area contributed by atoms with Crippen LogP contribution in [0.1, 0.15) is 11.1 Å². The molecule has 2 aromatic carbocycles. The lowest BCUT2D eigenvalue weighted by Gasteiger charge is -2.27. The summed E-state index contributed by atoms with van der Waals surface area (Å²) in [6, 6.07) is 11.3. The number of fused-ring (bicyclic) bond motifs is 1. The minimum Gasteiger partial charge on any atom is -0.372 e. The topological polar surface area (TPSA) is 15.6 Å². The van der Waals surface area contributed by atoms with E-state index in [4.69, 9.17) is 51.4 Å². The quantitative estimate of drug-likeness (QED) is 0.586. The number of hydrogen-bond acceptors (Lipinski definition) is 2. The van der Waals surface area contributed by atoms with Crippen molar-refractivity contribution < 1.29 is 0 Å². The first kappa shape index (κ1) is 16.9. The number of alkyl halides is 1. The highest BCUT2D eigenvalue weighted by atomic mass is 35.5. The Bertz CT molecular complexity index is 773. The highest BCUT2D eigenvalue weighted by Gasteiger charge is 2.21. The van der Waals surface area contributed by atoms with E-state index < -0.39 is 0 Å². The molecule has 0 bridgehead atoms. The molecule has 1 unspecified atom stereocenters. The highest BCUT2D eigenvalue weighted by molar-refractivity contribution is 6.42. The second-order valence-electron chi connectivity index (χ2n) is 5.46. The van der Waals surface area contributed by atoms with E-state index in [2.05, 4.69) is 4.90 Å². The monoisotopic (exact) mass is 386 g/mol. The second-order valence-corrected chi connectivity index (χ2v) is 7.33. The molecule has 1 heterocycles. The molecule has 1 aliphatic rings. The van der Waals surface area contributed by atoms with Gasteiger partial charge in [-0.1, -0.05) is 40.9 Å². The Morgan fingerprint density at radius 3 is 2.57 bits per heavy atom. The van der Waals surface area contributed by atoms with Gasteiger partial charge in [-0.15, -0.1) is 11.6 Å². The molecule has 0 aliphatic carbocycles. The van der Waals surface area contributed by atoms with Crippen molar-refractivity contribution >= 4 is 57.8 Å². The van der Waals surface area contributed by atoms with Crippen LogP contribution < -0.4 is 4.90 Å². The van der Waals surface area contributed by atoms with E-state index in [1.165, 1.54) is 0 Å². The Kier molecular flexibility index (Phi) is 5.07. The molecule has 0 amide bonds. The van der Waals surface area contributed by atoms with E-state index >= 15 is 0 Å². The molecule has 0 aromatic heterocycles. The lowest BCUT2D eigenvalue weighted by Crippen LogP contribution is -2.31. The van der Waals surface area contributed by atoms with Crippen LogP contribution in [0.25, 0.3) is 0 Å². The van der Waals surface area contributed by atoms with Crippen molar-refractivity contribution in [2.75, 3.05) is 25.0 Å². The smallest absolute Gasteiger partial charge is 0.0741 e. The maximum absolute atomic E-state index is 6.37. The SMILES string of the molecule is CN1CC(Cl)C/N=C(/c2ccc(Cl)c(Cl)c2)c2cc(Cl)ccc21. The highest BCUT2D eigenvalue weighted by Crippen LogP contribution is 2.31. The first-order valence-corrected chi connectivity index (χ1v) is 8.67. The maximum atomic E-state index is 6.37. The molecule has 1 aliphatic heterocycles. The number of benzene rings is 2. The number of nitrogens with zero attached hydrogens (tertiary/aromatic N) is 2. The molecule has 0 fully saturated rings. The Hall–Kier alpha value is -0.930. The average molecular weight is 388 g/mol. The Labute approximate surface area is 155 Å². The minimum absolute atomic E-state index is 0.0680. The Balaban J connectivity index is 2.20. The van der Waals surface area contributed by atoms with Gasteiger partial charge in [0, 0.05) is 35.4 Å². The zero-order valence-electron chi connectivity index (χ0n) is 12.4. The van der Waals surface area contributed by atoms with Gasteiger partial charge in [0.25, 0.3) is 0 Å². The average Bonchev–Trinajstić information content (AvgIpc) is 2.49. The summed E-state index contributed by atoms with van der Waals surface area (Å²) in [7, 11) is 2.01. The standard InChI is InChI=1S/C17H14Cl4N2/c1-23-9-12(19)8-22-17(10-2-4-14(20)15(21)6-10)13-7-11(18)3-5-16(13)23/h2-7,12H,8-9H2,1H3/b22-17-. The van der Waals surface area contributed by atoms with Crippen molar-refractivity contribution in [3.8, 4) is 0 Å². The largest absolute Gasteiger partial charge is 0.372 e. The van der Waals surface area contributed by atoms with E-state index in [9.17, 15) is 0 Å². The summed E-state index contributed by atoms with van der Waals surface area (Å²) < 4.78 is 0. The Morgan fingerprint density at radius 2 is 1.83 bits per heavy atom. The van der Waals surface area contributed by atoms with Gasteiger partial charge in [0.1, 0.15) is 0 Å². The minimum atomic E-state index is -0.0680. The van der Waals surface area contributed by atoms with E-state index in [1.54, 1.807) is 6.07 Å². The van der Waals surface area contributed by atoms with Crippen LogP contribution in [0.2, 0.25) is 15.1 Å². The van der Waals surface area contributed by atoms with E-state index in [0.29, 0.717) is 28.2 Å². The number of aliphatic imine (C=N–C) groups is 1. The summed E-state index contributed by atoms with van der Waals surface area (Å²) in [5.41, 5.74) is 3.70. The molecule has 6 heteroatoms. The molecule has 0 saturated carbocycles. The van der Waals surface area contributed by atoms with Crippen molar-refractivity contribution in [2.45, 2.75) is 5.38 Å². The number of anilines is 1. The molecule has 0 saturated heterocycles. The zero-order chi connectivity index (χ0) is 16.6. The van der Waals surface area contributed by atoms with Crippen molar-refractivity contribution in [1.29, 1.82) is 0 Å². The van der Waals surface area contributed by atoms with Crippen LogP contribution >= 0.6 is 46.4 Å². The Morgan fingerprint density at radius 1 is 1.04 bits per heavy atom. The van der Waals surface area contributed by atoms with Crippen LogP contribution in [-0.2, 0) is 0 Å². The fourth-order valence-electron chi connectivity index (χ4n) is 2.65. The van der Waals surface area contributed by atoms with Gasteiger partial charge in [-0.3, -0.25) is 4.99 Å². The first-order chi connectivity index (χ1) is 11.0. The molecule has 2 aromatic rings. The number of hydrogen-bond donors (Lipinski definition) is 0. The summed E-state index contributed by atoms with van der Waals surface area (Å²) in [6.45, 7) is 1.24. The van der Waals surface area contributed by atoms with E-state index in [1.807, 2.05) is 37.4 Å². The third-order valence-electron chi connectivity index (χ3n) is 3.74. The summed E-state index contributed by atoms with van der Waals surface area (Å²) in [5, 5.41) is 1.60.